The van der Waals surface area contributed by atoms with Gasteiger partial charge in [0.15, 0.2) is 0 Å². The van der Waals surface area contributed by atoms with E-state index in [1.54, 1.807) is 0 Å². The van der Waals surface area contributed by atoms with Crippen LogP contribution in [0.2, 0.25) is 0 Å². The van der Waals surface area contributed by atoms with Gasteiger partial charge in [0.05, 0.1) is 0 Å². The van der Waals surface area contributed by atoms with Crippen LogP contribution >= 0.6 is 0 Å². The van der Waals surface area contributed by atoms with Crippen LogP contribution in [0, 0.1) is 5.41 Å². The molecule has 0 aromatic heterocycles. The molecule has 0 aliphatic carbocycles. The van der Waals surface area contributed by atoms with Gasteiger partial charge >= 0.3 is 0 Å². The molecule has 0 spiro atoms. The van der Waals surface area contributed by atoms with Gasteiger partial charge in [-0.05, 0) is 51.7 Å². The number of hydrogen-bond donors (Lipinski definition) is 1. The smallest absolute Gasteiger partial charge is 0.00385 e. The van der Waals surface area contributed by atoms with Gasteiger partial charge in [0.2, 0.25) is 0 Å². The third kappa shape index (κ3) is 7.24. The maximum Gasteiger partial charge on any atom is 0.00385 e. The fourth-order valence-corrected chi connectivity index (χ4v) is 1.74. The van der Waals surface area contributed by atoms with Gasteiger partial charge in [-0.1, -0.05) is 33.6 Å². The molecule has 2 nitrogen and oxygen atoms in total. The predicted octanol–water partition coefficient (Wildman–Crippen LogP) is 3.26. The molecular weight excluding hydrogens is 196 g/mol. The minimum absolute atomic E-state index is 0.290. The summed E-state index contributed by atoms with van der Waals surface area (Å²) in [4.78, 5) is 2.59. The molecule has 0 heterocycles. The van der Waals surface area contributed by atoms with E-state index in [4.69, 9.17) is 5.73 Å². The van der Waals surface area contributed by atoms with Gasteiger partial charge in [-0.3, -0.25) is 0 Å². The number of nitrogens with zero attached hydrogens (tertiary/aromatic N) is 1. The average molecular weight is 228 g/mol. The van der Waals surface area contributed by atoms with Crippen molar-refractivity contribution in [3.63, 3.8) is 0 Å². The molecule has 0 rings (SSSR count). The Morgan fingerprint density at radius 3 is 2.19 bits per heavy atom. The quantitative estimate of drug-likeness (QED) is 0.614. The lowest BCUT2D eigenvalue weighted by molar-refractivity contribution is 0.181. The third-order valence-corrected chi connectivity index (χ3v) is 3.41. The number of nitrogens with two attached hydrogens (primary N) is 1. The summed E-state index contributed by atoms with van der Waals surface area (Å²) in [7, 11) is 0. The highest BCUT2D eigenvalue weighted by Crippen LogP contribution is 2.19. The van der Waals surface area contributed by atoms with E-state index in [2.05, 4.69) is 39.5 Å². The van der Waals surface area contributed by atoms with Crippen molar-refractivity contribution in [1.29, 1.82) is 0 Å². The Kier molecular flexibility index (Phi) is 8.04. The third-order valence-electron chi connectivity index (χ3n) is 3.41. The molecule has 0 fully saturated rings. The van der Waals surface area contributed by atoms with Crippen LogP contribution in [-0.2, 0) is 0 Å². The predicted molar refractivity (Wildman–Crippen MR) is 73.7 cm³/mol. The fraction of sp³-hybridized carbons (Fsp3) is 1.00. The molecule has 0 aromatic rings. The van der Waals surface area contributed by atoms with Crippen LogP contribution < -0.4 is 5.73 Å². The van der Waals surface area contributed by atoms with E-state index in [0.717, 1.165) is 6.54 Å². The Morgan fingerprint density at radius 2 is 1.75 bits per heavy atom. The summed E-state index contributed by atoms with van der Waals surface area (Å²) in [5, 5.41) is 0. The molecule has 2 heteroatoms. The van der Waals surface area contributed by atoms with Crippen molar-refractivity contribution in [1.82, 2.24) is 4.90 Å². The molecule has 0 saturated heterocycles. The van der Waals surface area contributed by atoms with E-state index in [9.17, 15) is 0 Å². The zero-order chi connectivity index (χ0) is 12.6. The van der Waals surface area contributed by atoms with E-state index in [-0.39, 0.29) is 5.41 Å². The van der Waals surface area contributed by atoms with Crippen molar-refractivity contribution in [3.05, 3.63) is 0 Å². The Morgan fingerprint density at radius 1 is 1.12 bits per heavy atom. The normalized spacial score (nSPS) is 12.8. The second kappa shape index (κ2) is 8.08. The largest absolute Gasteiger partial charge is 0.330 e. The molecule has 0 aliphatic rings. The van der Waals surface area contributed by atoms with Crippen LogP contribution in [0.5, 0.6) is 0 Å². The molecule has 0 bridgehead atoms. The summed E-state index contributed by atoms with van der Waals surface area (Å²) in [6.45, 7) is 14.6. The van der Waals surface area contributed by atoms with Crippen LogP contribution in [0.15, 0.2) is 0 Å². The highest BCUT2D eigenvalue weighted by atomic mass is 15.1. The molecule has 0 aliphatic heterocycles. The summed E-state index contributed by atoms with van der Waals surface area (Å²) in [6, 6.07) is 0.658. The van der Waals surface area contributed by atoms with E-state index < -0.39 is 0 Å². The summed E-state index contributed by atoms with van der Waals surface area (Å²) in [5.41, 5.74) is 6.06. The first kappa shape index (κ1) is 15.9. The lowest BCUT2D eigenvalue weighted by Crippen LogP contribution is -2.36. The SMILES string of the molecule is CCCCCN(CCC(C)(C)CN)C(C)C. The molecular formula is C14H32N2. The Hall–Kier alpha value is -0.0800. The average Bonchev–Trinajstić information content (AvgIpc) is 2.22. The molecule has 0 saturated carbocycles. The van der Waals surface area contributed by atoms with Gasteiger partial charge in [0.1, 0.15) is 0 Å². The fourth-order valence-electron chi connectivity index (χ4n) is 1.74. The summed E-state index contributed by atoms with van der Waals surface area (Å²) >= 11 is 0. The van der Waals surface area contributed by atoms with Crippen molar-refractivity contribution in [2.45, 2.75) is 66.3 Å². The molecule has 0 atom stereocenters. The second-order valence-corrected chi connectivity index (χ2v) is 5.96. The maximum atomic E-state index is 5.77. The molecule has 0 unspecified atom stereocenters. The minimum Gasteiger partial charge on any atom is -0.330 e. The standard InChI is InChI=1S/C14H32N2/c1-6-7-8-10-16(13(2)3)11-9-14(4,5)12-15/h13H,6-12,15H2,1-5H3. The van der Waals surface area contributed by atoms with E-state index >= 15 is 0 Å². The van der Waals surface area contributed by atoms with Crippen molar-refractivity contribution in [3.8, 4) is 0 Å². The second-order valence-electron chi connectivity index (χ2n) is 5.96. The van der Waals surface area contributed by atoms with E-state index in [1.165, 1.54) is 38.8 Å². The Bertz CT molecular complexity index is 164. The lowest BCUT2D eigenvalue weighted by atomic mass is 9.89. The van der Waals surface area contributed by atoms with E-state index in [1.807, 2.05) is 0 Å². The van der Waals surface area contributed by atoms with Crippen LogP contribution in [0.3, 0.4) is 0 Å². The molecule has 2 N–H and O–H groups in total. The van der Waals surface area contributed by atoms with Crippen LogP contribution in [0.25, 0.3) is 0 Å². The van der Waals surface area contributed by atoms with Crippen LogP contribution in [0.1, 0.15) is 60.3 Å². The van der Waals surface area contributed by atoms with Gasteiger partial charge < -0.3 is 10.6 Å². The number of rotatable bonds is 9. The zero-order valence-corrected chi connectivity index (χ0v) is 12.1. The highest BCUT2D eigenvalue weighted by Gasteiger charge is 2.18. The number of unbranched alkanes of at least 4 members (excludes halogenated alkanes) is 2. The number of hydrogen-bond acceptors (Lipinski definition) is 2. The van der Waals surface area contributed by atoms with Gasteiger partial charge in [-0.2, -0.15) is 0 Å². The van der Waals surface area contributed by atoms with Crippen molar-refractivity contribution < 1.29 is 0 Å². The lowest BCUT2D eigenvalue weighted by Gasteiger charge is -2.31. The topological polar surface area (TPSA) is 29.3 Å². The van der Waals surface area contributed by atoms with E-state index in [0.29, 0.717) is 6.04 Å². The monoisotopic (exact) mass is 228 g/mol. The summed E-state index contributed by atoms with van der Waals surface area (Å²) in [6.07, 6.45) is 5.19. The molecule has 0 radical (unpaired) electrons. The zero-order valence-electron chi connectivity index (χ0n) is 12.1. The Labute approximate surface area is 103 Å². The van der Waals surface area contributed by atoms with Crippen molar-refractivity contribution in [2.75, 3.05) is 19.6 Å². The molecule has 98 valence electrons. The Balaban J connectivity index is 3.94. The highest BCUT2D eigenvalue weighted by molar-refractivity contribution is 4.73. The minimum atomic E-state index is 0.290. The van der Waals surface area contributed by atoms with Crippen molar-refractivity contribution >= 4 is 0 Å². The van der Waals surface area contributed by atoms with Crippen LogP contribution in [0.4, 0.5) is 0 Å². The first-order valence-electron chi connectivity index (χ1n) is 6.87. The summed E-state index contributed by atoms with van der Waals surface area (Å²) < 4.78 is 0. The first-order chi connectivity index (χ1) is 7.43. The van der Waals surface area contributed by atoms with Gasteiger partial charge in [-0.15, -0.1) is 0 Å². The van der Waals surface area contributed by atoms with Gasteiger partial charge in [0, 0.05) is 6.04 Å². The maximum absolute atomic E-state index is 5.77. The molecule has 16 heavy (non-hydrogen) atoms. The first-order valence-corrected chi connectivity index (χ1v) is 6.87. The summed E-state index contributed by atoms with van der Waals surface area (Å²) in [5.74, 6) is 0. The van der Waals surface area contributed by atoms with Gasteiger partial charge in [-0.25, -0.2) is 0 Å². The molecule has 0 amide bonds. The van der Waals surface area contributed by atoms with Crippen LogP contribution in [-0.4, -0.2) is 30.6 Å². The van der Waals surface area contributed by atoms with Crippen molar-refractivity contribution in [2.24, 2.45) is 11.1 Å². The van der Waals surface area contributed by atoms with Gasteiger partial charge in [0.25, 0.3) is 0 Å². The molecule has 0 aromatic carbocycles.